The summed E-state index contributed by atoms with van der Waals surface area (Å²) in [5, 5.41) is 16.5. The van der Waals surface area contributed by atoms with E-state index < -0.39 is 16.1 Å². The Morgan fingerprint density at radius 3 is 2.56 bits per heavy atom. The highest BCUT2D eigenvalue weighted by Gasteiger charge is 2.33. The third kappa shape index (κ3) is 5.32. The zero-order valence-electron chi connectivity index (χ0n) is 21.4. The highest BCUT2D eigenvalue weighted by molar-refractivity contribution is 7.92. The van der Waals surface area contributed by atoms with Gasteiger partial charge in [-0.3, -0.25) is 9.40 Å². The van der Waals surface area contributed by atoms with Gasteiger partial charge < -0.3 is 21.7 Å². The molecule has 208 valence electrons. The highest BCUT2D eigenvalue weighted by Crippen LogP contribution is 2.34. The minimum atomic E-state index is -3.97. The molecule has 0 aliphatic carbocycles. The van der Waals surface area contributed by atoms with Gasteiger partial charge in [-0.1, -0.05) is 41.9 Å². The number of para-hydroxylation sites is 2. The van der Waals surface area contributed by atoms with Crippen LogP contribution >= 0.6 is 11.6 Å². The Kier molecular flexibility index (Phi) is 6.81. The molecule has 6 rings (SSSR count). The number of fused-ring (bicyclic) bond motifs is 2. The van der Waals surface area contributed by atoms with E-state index in [1.807, 2.05) is 12.1 Å². The molecule has 3 heterocycles. The largest absolute Gasteiger partial charge is 0.368 e. The summed E-state index contributed by atoms with van der Waals surface area (Å²) in [7, 11) is -3.97. The number of sulfonamides is 1. The van der Waals surface area contributed by atoms with Gasteiger partial charge >= 0.3 is 6.03 Å². The zero-order valence-corrected chi connectivity index (χ0v) is 22.9. The minimum absolute atomic E-state index is 0.0687. The lowest BCUT2D eigenvalue weighted by Crippen LogP contribution is -2.45. The molecular formula is C27H24ClN9O3S. The van der Waals surface area contributed by atoms with Crippen LogP contribution in [0.3, 0.4) is 0 Å². The molecule has 0 bridgehead atoms. The van der Waals surface area contributed by atoms with Crippen LogP contribution in [-0.2, 0) is 16.4 Å². The monoisotopic (exact) mass is 589 g/mol. The fraction of sp³-hybridized carbons (Fsp3) is 0.111. The zero-order chi connectivity index (χ0) is 28.6. The Morgan fingerprint density at radius 1 is 1.00 bits per heavy atom. The number of carbonyl (C=O) groups is 1. The number of hydrogen-bond donors (Lipinski definition) is 5. The highest BCUT2D eigenvalue weighted by atomic mass is 35.5. The predicted octanol–water partition coefficient (Wildman–Crippen LogP) is 4.46. The molecular weight excluding hydrogens is 566 g/mol. The first kappa shape index (κ1) is 26.3. The summed E-state index contributed by atoms with van der Waals surface area (Å²) >= 11 is 6.10. The predicted molar refractivity (Wildman–Crippen MR) is 159 cm³/mol. The fourth-order valence-corrected chi connectivity index (χ4v) is 6.45. The van der Waals surface area contributed by atoms with E-state index in [-0.39, 0.29) is 23.4 Å². The molecule has 1 atom stereocenters. The van der Waals surface area contributed by atoms with Crippen LogP contribution in [0.4, 0.5) is 33.6 Å². The van der Waals surface area contributed by atoms with Gasteiger partial charge in [0, 0.05) is 5.69 Å². The van der Waals surface area contributed by atoms with Crippen molar-refractivity contribution in [3.63, 3.8) is 0 Å². The van der Waals surface area contributed by atoms with Crippen LogP contribution in [-0.4, -0.2) is 47.2 Å². The number of amides is 2. The molecule has 0 spiro atoms. The second kappa shape index (κ2) is 10.6. The van der Waals surface area contributed by atoms with E-state index in [9.17, 15) is 13.2 Å². The van der Waals surface area contributed by atoms with Crippen molar-refractivity contribution in [1.29, 1.82) is 0 Å². The van der Waals surface area contributed by atoms with E-state index >= 15 is 0 Å². The summed E-state index contributed by atoms with van der Waals surface area (Å²) < 4.78 is 29.2. The summed E-state index contributed by atoms with van der Waals surface area (Å²) in [5.41, 5.74) is 8.68. The first-order chi connectivity index (χ1) is 19.8. The molecule has 5 aromatic rings. The summed E-state index contributed by atoms with van der Waals surface area (Å²) in [6, 6.07) is 19.4. The van der Waals surface area contributed by atoms with Crippen molar-refractivity contribution in [3.8, 4) is 0 Å². The van der Waals surface area contributed by atoms with Gasteiger partial charge in [0.1, 0.15) is 5.82 Å². The molecule has 0 saturated carbocycles. The number of nitrogen functional groups attached to an aromatic ring is 1. The van der Waals surface area contributed by atoms with Crippen LogP contribution in [0.5, 0.6) is 0 Å². The molecule has 2 amide bonds. The number of benzene rings is 3. The Bertz CT molecular complexity index is 1860. The average Bonchev–Trinajstić information content (AvgIpc) is 3.43. The van der Waals surface area contributed by atoms with Crippen molar-refractivity contribution in [2.75, 3.05) is 32.5 Å². The van der Waals surface area contributed by atoms with E-state index in [0.29, 0.717) is 45.4 Å². The van der Waals surface area contributed by atoms with Crippen LogP contribution in [0.25, 0.3) is 11.0 Å². The fourth-order valence-electron chi connectivity index (χ4n) is 4.72. The third-order valence-corrected chi connectivity index (χ3v) is 8.73. The van der Waals surface area contributed by atoms with Crippen molar-refractivity contribution in [1.82, 2.24) is 20.2 Å². The third-order valence-electron chi connectivity index (χ3n) is 6.60. The molecule has 1 unspecified atom stereocenters. The van der Waals surface area contributed by atoms with E-state index in [1.54, 1.807) is 42.6 Å². The Balaban J connectivity index is 1.23. The molecule has 1 aliphatic heterocycles. The topological polar surface area (TPSA) is 171 Å². The molecule has 14 heteroatoms. The summed E-state index contributed by atoms with van der Waals surface area (Å²) in [6.07, 6.45) is 2.15. The maximum absolute atomic E-state index is 13.9. The minimum Gasteiger partial charge on any atom is -0.368 e. The molecule has 0 fully saturated rings. The van der Waals surface area contributed by atoms with Crippen LogP contribution in [0, 0.1) is 0 Å². The molecule has 3 aromatic carbocycles. The van der Waals surface area contributed by atoms with Gasteiger partial charge in [-0.05, 0) is 54.4 Å². The van der Waals surface area contributed by atoms with Crippen LogP contribution in [0.15, 0.2) is 83.9 Å². The van der Waals surface area contributed by atoms with Gasteiger partial charge in [0.2, 0.25) is 5.95 Å². The van der Waals surface area contributed by atoms with Gasteiger partial charge in [-0.25, -0.2) is 13.2 Å². The van der Waals surface area contributed by atoms with Gasteiger partial charge in [-0.15, -0.1) is 0 Å². The van der Waals surface area contributed by atoms with Crippen LogP contribution in [0.2, 0.25) is 5.02 Å². The number of urea groups is 1. The molecule has 41 heavy (non-hydrogen) atoms. The number of aromatic amines is 1. The SMILES string of the molecule is Nc1nc(NC2Cc3ccccc3N(S(=O)(=O)c3ccc(NC(=O)Nc4ccccc4Cl)cc3)C2)c2cn[nH]c2n1. The van der Waals surface area contributed by atoms with Gasteiger partial charge in [0.15, 0.2) is 5.65 Å². The Labute approximate surface area is 240 Å². The molecule has 0 radical (unpaired) electrons. The number of halogens is 1. The number of H-pyrrole nitrogens is 1. The van der Waals surface area contributed by atoms with E-state index in [0.717, 1.165) is 5.56 Å². The molecule has 6 N–H and O–H groups in total. The average molecular weight is 590 g/mol. The van der Waals surface area contributed by atoms with Crippen LogP contribution in [0.1, 0.15) is 5.56 Å². The number of nitrogens with zero attached hydrogens (tertiary/aromatic N) is 4. The maximum atomic E-state index is 13.9. The lowest BCUT2D eigenvalue weighted by atomic mass is 9.99. The molecule has 2 aromatic heterocycles. The standard InChI is InChI=1S/C27H24ClN9O3S/c28-21-6-2-3-7-22(21)33-27(38)32-17-9-11-19(12-10-17)41(39,40)37-15-18(13-16-5-1-4-8-23(16)37)31-24-20-14-30-36-25(20)35-26(29)34-24/h1-12,14,18H,13,15H2,(H2,32,33,38)(H4,29,30,31,34,35,36). The first-order valence-electron chi connectivity index (χ1n) is 12.5. The second-order valence-corrected chi connectivity index (χ2v) is 11.6. The van der Waals surface area contributed by atoms with Crippen molar-refractivity contribution in [2.45, 2.75) is 17.4 Å². The van der Waals surface area contributed by atoms with Crippen molar-refractivity contribution >= 4 is 67.5 Å². The maximum Gasteiger partial charge on any atom is 0.323 e. The first-order valence-corrected chi connectivity index (χ1v) is 14.4. The van der Waals surface area contributed by atoms with Gasteiger partial charge in [-0.2, -0.15) is 15.1 Å². The molecule has 1 aliphatic rings. The number of hydrogen-bond acceptors (Lipinski definition) is 8. The number of nitrogens with one attached hydrogen (secondary N) is 4. The Hall–Kier alpha value is -4.88. The van der Waals surface area contributed by atoms with Gasteiger partial charge in [0.05, 0.1) is 45.5 Å². The number of aromatic nitrogens is 4. The van der Waals surface area contributed by atoms with Crippen molar-refractivity contribution < 1.29 is 13.2 Å². The number of anilines is 5. The number of carbonyl (C=O) groups excluding carboxylic acids is 1. The van der Waals surface area contributed by atoms with Gasteiger partial charge in [0.25, 0.3) is 10.0 Å². The van der Waals surface area contributed by atoms with Crippen LogP contribution < -0.4 is 26.0 Å². The summed E-state index contributed by atoms with van der Waals surface area (Å²) in [5.74, 6) is 0.535. The summed E-state index contributed by atoms with van der Waals surface area (Å²) in [6.45, 7) is 0.142. The van der Waals surface area contributed by atoms with E-state index in [4.69, 9.17) is 17.3 Å². The molecule has 12 nitrogen and oxygen atoms in total. The smallest absolute Gasteiger partial charge is 0.323 e. The van der Waals surface area contributed by atoms with Crippen molar-refractivity contribution in [2.24, 2.45) is 0 Å². The quantitative estimate of drug-likeness (QED) is 0.193. The lowest BCUT2D eigenvalue weighted by molar-refractivity contribution is 0.262. The number of rotatable bonds is 6. The Morgan fingerprint density at radius 2 is 1.76 bits per heavy atom. The number of nitrogens with two attached hydrogens (primary N) is 1. The normalized spacial score (nSPS) is 14.9. The van der Waals surface area contributed by atoms with E-state index in [2.05, 4.69) is 36.1 Å². The second-order valence-electron chi connectivity index (χ2n) is 9.36. The molecule has 0 saturated heterocycles. The summed E-state index contributed by atoms with van der Waals surface area (Å²) in [4.78, 5) is 21.0. The van der Waals surface area contributed by atoms with Crippen molar-refractivity contribution in [3.05, 3.63) is 89.6 Å². The van der Waals surface area contributed by atoms with E-state index in [1.165, 1.54) is 28.6 Å². The lowest BCUT2D eigenvalue weighted by Gasteiger charge is -2.35.